The molecule has 3 rings (SSSR count). The van der Waals surface area contributed by atoms with E-state index in [1.807, 2.05) is 12.1 Å². The Hall–Kier alpha value is -1.55. The molecule has 0 bridgehead atoms. The van der Waals surface area contributed by atoms with E-state index in [9.17, 15) is 9.90 Å². The minimum Gasteiger partial charge on any atom is -0.508 e. The molecule has 3 unspecified atom stereocenters. The molecule has 0 amide bonds. The molecule has 20 heavy (non-hydrogen) atoms. The van der Waals surface area contributed by atoms with Crippen LogP contribution in [0.15, 0.2) is 24.3 Å². The zero-order chi connectivity index (χ0) is 14.1. The number of hydrogen-bond donors (Lipinski definition) is 1. The van der Waals surface area contributed by atoms with Crippen molar-refractivity contribution in [3.63, 3.8) is 0 Å². The second-order valence-corrected chi connectivity index (χ2v) is 5.92. The van der Waals surface area contributed by atoms with E-state index < -0.39 is 0 Å². The molecule has 0 spiro atoms. The molecular formula is C16H21NO3. The van der Waals surface area contributed by atoms with Crippen molar-refractivity contribution in [2.24, 2.45) is 11.8 Å². The van der Waals surface area contributed by atoms with E-state index in [2.05, 4.69) is 4.90 Å². The summed E-state index contributed by atoms with van der Waals surface area (Å²) >= 11 is 0. The quantitative estimate of drug-likeness (QED) is 0.859. The lowest BCUT2D eigenvalue weighted by Gasteiger charge is -2.25. The summed E-state index contributed by atoms with van der Waals surface area (Å²) in [4.78, 5) is 14.3. The van der Waals surface area contributed by atoms with Gasteiger partial charge in [-0.25, -0.2) is 0 Å². The van der Waals surface area contributed by atoms with Crippen LogP contribution in [-0.4, -0.2) is 35.7 Å². The molecule has 1 saturated heterocycles. The number of rotatable bonds is 3. The molecule has 1 aromatic carbocycles. The summed E-state index contributed by atoms with van der Waals surface area (Å²) in [6.45, 7) is 1.65. The van der Waals surface area contributed by atoms with Crippen LogP contribution in [-0.2, 0) is 16.1 Å². The zero-order valence-electron chi connectivity index (χ0n) is 11.8. The fourth-order valence-electron chi connectivity index (χ4n) is 3.89. The van der Waals surface area contributed by atoms with Crippen LogP contribution in [0.1, 0.15) is 24.8 Å². The Labute approximate surface area is 119 Å². The van der Waals surface area contributed by atoms with Crippen LogP contribution in [0.5, 0.6) is 5.75 Å². The molecule has 1 N–H and O–H groups in total. The summed E-state index contributed by atoms with van der Waals surface area (Å²) in [6.07, 6.45) is 3.57. The van der Waals surface area contributed by atoms with Crippen molar-refractivity contribution in [3.8, 4) is 5.75 Å². The number of methoxy groups -OCH3 is 1. The van der Waals surface area contributed by atoms with E-state index in [0.717, 1.165) is 18.5 Å². The standard InChI is InChI=1S/C16H21NO3/c1-20-16(19)15-14-7-3-5-12(14)10-17(15)9-11-4-2-6-13(18)8-11/h2,4,6,8,12,14-15,18H,3,5,7,9-10H2,1H3. The summed E-state index contributed by atoms with van der Waals surface area (Å²) < 4.78 is 5.00. The lowest BCUT2D eigenvalue weighted by atomic mass is 9.94. The Morgan fingerprint density at radius 1 is 1.45 bits per heavy atom. The highest BCUT2D eigenvalue weighted by molar-refractivity contribution is 5.76. The van der Waals surface area contributed by atoms with Crippen molar-refractivity contribution in [1.82, 2.24) is 4.90 Å². The third kappa shape index (κ3) is 2.40. The van der Waals surface area contributed by atoms with Gasteiger partial charge < -0.3 is 9.84 Å². The molecule has 1 aliphatic heterocycles. The molecule has 2 aliphatic rings. The number of esters is 1. The maximum atomic E-state index is 12.1. The van der Waals surface area contributed by atoms with Crippen LogP contribution in [0.3, 0.4) is 0 Å². The van der Waals surface area contributed by atoms with Crippen molar-refractivity contribution in [2.75, 3.05) is 13.7 Å². The molecule has 1 aliphatic carbocycles. The van der Waals surface area contributed by atoms with Gasteiger partial charge in [0.1, 0.15) is 11.8 Å². The van der Waals surface area contributed by atoms with E-state index >= 15 is 0 Å². The number of aromatic hydroxyl groups is 1. The molecule has 0 aromatic heterocycles. The average molecular weight is 275 g/mol. The van der Waals surface area contributed by atoms with Crippen LogP contribution >= 0.6 is 0 Å². The second kappa shape index (κ2) is 5.44. The van der Waals surface area contributed by atoms with Crippen molar-refractivity contribution < 1.29 is 14.6 Å². The summed E-state index contributed by atoms with van der Waals surface area (Å²) in [6, 6.07) is 7.15. The normalized spacial score (nSPS) is 29.4. The van der Waals surface area contributed by atoms with Crippen LogP contribution in [0.25, 0.3) is 0 Å². The molecule has 4 nitrogen and oxygen atoms in total. The fourth-order valence-corrected chi connectivity index (χ4v) is 3.89. The van der Waals surface area contributed by atoms with Gasteiger partial charge >= 0.3 is 5.97 Å². The molecule has 2 fully saturated rings. The average Bonchev–Trinajstić information content (AvgIpc) is 2.98. The van der Waals surface area contributed by atoms with Gasteiger partial charge in [0.2, 0.25) is 0 Å². The first kappa shape index (κ1) is 13.4. The number of phenolic OH excluding ortho intramolecular Hbond substituents is 1. The minimum atomic E-state index is -0.116. The zero-order valence-corrected chi connectivity index (χ0v) is 11.8. The van der Waals surface area contributed by atoms with E-state index in [1.54, 1.807) is 12.1 Å². The van der Waals surface area contributed by atoms with Crippen LogP contribution < -0.4 is 0 Å². The predicted molar refractivity (Wildman–Crippen MR) is 75.2 cm³/mol. The van der Waals surface area contributed by atoms with Gasteiger partial charge in [-0.05, 0) is 42.4 Å². The van der Waals surface area contributed by atoms with Gasteiger partial charge in [-0.2, -0.15) is 0 Å². The Kier molecular flexibility index (Phi) is 3.66. The lowest BCUT2D eigenvalue weighted by molar-refractivity contribution is -0.147. The number of nitrogens with zero attached hydrogens (tertiary/aromatic N) is 1. The molecule has 1 aromatic rings. The first-order valence-electron chi connectivity index (χ1n) is 7.29. The Bertz CT molecular complexity index is 502. The van der Waals surface area contributed by atoms with Gasteiger partial charge in [-0.3, -0.25) is 9.69 Å². The van der Waals surface area contributed by atoms with Crippen LogP contribution in [0.2, 0.25) is 0 Å². The number of fused-ring (bicyclic) bond motifs is 1. The number of benzene rings is 1. The maximum Gasteiger partial charge on any atom is 0.323 e. The third-order valence-corrected chi connectivity index (χ3v) is 4.72. The number of hydrogen-bond acceptors (Lipinski definition) is 4. The van der Waals surface area contributed by atoms with Gasteiger partial charge in [-0.1, -0.05) is 18.6 Å². The van der Waals surface area contributed by atoms with Crippen molar-refractivity contribution in [3.05, 3.63) is 29.8 Å². The number of phenols is 1. The van der Waals surface area contributed by atoms with E-state index in [1.165, 1.54) is 20.0 Å². The maximum absolute atomic E-state index is 12.1. The summed E-state index contributed by atoms with van der Waals surface area (Å²) in [5.41, 5.74) is 1.04. The van der Waals surface area contributed by atoms with Gasteiger partial charge in [0.25, 0.3) is 0 Å². The van der Waals surface area contributed by atoms with Gasteiger partial charge in [0.05, 0.1) is 7.11 Å². The van der Waals surface area contributed by atoms with Gasteiger partial charge in [0.15, 0.2) is 0 Å². The molecule has 4 heteroatoms. The Morgan fingerprint density at radius 2 is 2.30 bits per heavy atom. The number of carbonyl (C=O) groups is 1. The van der Waals surface area contributed by atoms with Crippen LogP contribution in [0, 0.1) is 11.8 Å². The molecule has 3 atom stereocenters. The van der Waals surface area contributed by atoms with E-state index in [0.29, 0.717) is 18.4 Å². The first-order chi connectivity index (χ1) is 9.69. The first-order valence-corrected chi connectivity index (χ1v) is 7.29. The summed E-state index contributed by atoms with van der Waals surface area (Å²) in [7, 11) is 1.47. The SMILES string of the molecule is COC(=O)C1C2CCCC2CN1Cc1cccc(O)c1. The highest BCUT2D eigenvalue weighted by Gasteiger charge is 2.47. The van der Waals surface area contributed by atoms with E-state index in [-0.39, 0.29) is 17.8 Å². The molecular weight excluding hydrogens is 254 g/mol. The topological polar surface area (TPSA) is 49.8 Å². The predicted octanol–water partition coefficient (Wildman–Crippen LogP) is 2.17. The van der Waals surface area contributed by atoms with Crippen molar-refractivity contribution in [1.29, 1.82) is 0 Å². The minimum absolute atomic E-state index is 0.112. The molecule has 1 heterocycles. The molecule has 108 valence electrons. The number of carbonyl (C=O) groups excluding carboxylic acids is 1. The highest BCUT2D eigenvalue weighted by atomic mass is 16.5. The Balaban J connectivity index is 1.79. The lowest BCUT2D eigenvalue weighted by Crippen LogP contribution is -2.40. The number of likely N-dealkylation sites (tertiary alicyclic amines) is 1. The molecule has 0 radical (unpaired) electrons. The second-order valence-electron chi connectivity index (χ2n) is 5.92. The molecule has 1 saturated carbocycles. The summed E-state index contributed by atoms with van der Waals surface area (Å²) in [5.74, 6) is 1.23. The monoisotopic (exact) mass is 275 g/mol. The van der Waals surface area contributed by atoms with Crippen LogP contribution in [0.4, 0.5) is 0 Å². The fraction of sp³-hybridized carbons (Fsp3) is 0.562. The van der Waals surface area contributed by atoms with Gasteiger partial charge in [-0.15, -0.1) is 0 Å². The largest absolute Gasteiger partial charge is 0.508 e. The smallest absolute Gasteiger partial charge is 0.323 e. The summed E-state index contributed by atoms with van der Waals surface area (Å²) in [5, 5.41) is 9.56. The van der Waals surface area contributed by atoms with E-state index in [4.69, 9.17) is 4.74 Å². The highest BCUT2D eigenvalue weighted by Crippen LogP contribution is 2.43. The Morgan fingerprint density at radius 3 is 3.05 bits per heavy atom. The number of ether oxygens (including phenoxy) is 1. The third-order valence-electron chi connectivity index (χ3n) is 4.72. The van der Waals surface area contributed by atoms with Gasteiger partial charge in [0, 0.05) is 13.1 Å². The van der Waals surface area contributed by atoms with Crippen molar-refractivity contribution in [2.45, 2.75) is 31.8 Å². The van der Waals surface area contributed by atoms with Crippen molar-refractivity contribution >= 4 is 5.97 Å².